The van der Waals surface area contributed by atoms with E-state index in [1.807, 2.05) is 0 Å². The number of hydrogen-bond acceptors (Lipinski definition) is 4. The van der Waals surface area contributed by atoms with Gasteiger partial charge in [0.15, 0.2) is 6.61 Å². The van der Waals surface area contributed by atoms with Crippen molar-refractivity contribution < 1.29 is 19.4 Å². The number of aliphatic hydroxyl groups excluding tert-OH is 1. The van der Waals surface area contributed by atoms with Crippen molar-refractivity contribution in [2.24, 2.45) is 5.92 Å². The van der Waals surface area contributed by atoms with Crippen LogP contribution in [0.1, 0.15) is 38.2 Å². The topological polar surface area (TPSA) is 87.7 Å². The van der Waals surface area contributed by atoms with Gasteiger partial charge in [-0.3, -0.25) is 9.59 Å². The SMILES string of the molecule is CC1CCC(NC(=O)COc2ccc(CC(=O)NCCO)cc2)CC1. The van der Waals surface area contributed by atoms with Crippen LogP contribution in [0, 0.1) is 5.92 Å². The normalized spacial score (nSPS) is 19.9. The third kappa shape index (κ3) is 7.13. The number of hydrogen-bond donors (Lipinski definition) is 3. The van der Waals surface area contributed by atoms with Crippen molar-refractivity contribution in [3.05, 3.63) is 29.8 Å². The van der Waals surface area contributed by atoms with Gasteiger partial charge in [0.25, 0.3) is 5.91 Å². The van der Waals surface area contributed by atoms with Crippen LogP contribution in [0.4, 0.5) is 0 Å². The molecule has 0 unspecified atom stereocenters. The Morgan fingerprint density at radius 3 is 2.44 bits per heavy atom. The van der Waals surface area contributed by atoms with Crippen molar-refractivity contribution in [2.45, 2.75) is 45.1 Å². The van der Waals surface area contributed by atoms with Crippen LogP contribution in [0.25, 0.3) is 0 Å². The third-order valence-corrected chi connectivity index (χ3v) is 4.47. The lowest BCUT2D eigenvalue weighted by atomic mass is 9.87. The van der Waals surface area contributed by atoms with E-state index >= 15 is 0 Å². The second-order valence-corrected chi connectivity index (χ2v) is 6.71. The first kappa shape index (κ1) is 19.2. The Hall–Kier alpha value is -2.08. The highest BCUT2D eigenvalue weighted by molar-refractivity contribution is 5.78. The molecule has 0 spiro atoms. The third-order valence-electron chi connectivity index (χ3n) is 4.47. The maximum atomic E-state index is 12.0. The molecule has 138 valence electrons. The zero-order valence-corrected chi connectivity index (χ0v) is 14.8. The minimum Gasteiger partial charge on any atom is -0.484 e. The van der Waals surface area contributed by atoms with Crippen molar-refractivity contribution >= 4 is 11.8 Å². The average molecular weight is 348 g/mol. The number of aliphatic hydroxyl groups is 1. The molecular weight excluding hydrogens is 320 g/mol. The largest absolute Gasteiger partial charge is 0.484 e. The number of amides is 2. The molecule has 1 aromatic carbocycles. The number of nitrogens with one attached hydrogen (secondary N) is 2. The molecule has 0 atom stereocenters. The summed E-state index contributed by atoms with van der Waals surface area (Å²) in [6.45, 7) is 2.44. The molecule has 0 aliphatic heterocycles. The monoisotopic (exact) mass is 348 g/mol. The molecule has 6 nitrogen and oxygen atoms in total. The van der Waals surface area contributed by atoms with Gasteiger partial charge in [-0.25, -0.2) is 0 Å². The predicted octanol–water partition coefficient (Wildman–Crippen LogP) is 1.41. The number of rotatable bonds is 8. The highest BCUT2D eigenvalue weighted by atomic mass is 16.5. The van der Waals surface area contributed by atoms with Gasteiger partial charge in [0.05, 0.1) is 13.0 Å². The first-order chi connectivity index (χ1) is 12.1. The van der Waals surface area contributed by atoms with Crippen LogP contribution < -0.4 is 15.4 Å². The van der Waals surface area contributed by atoms with Gasteiger partial charge in [0, 0.05) is 12.6 Å². The molecule has 0 radical (unpaired) electrons. The predicted molar refractivity (Wildman–Crippen MR) is 95.3 cm³/mol. The molecular formula is C19H28N2O4. The van der Waals surface area contributed by atoms with Crippen molar-refractivity contribution in [1.29, 1.82) is 0 Å². The van der Waals surface area contributed by atoms with Crippen molar-refractivity contribution in [1.82, 2.24) is 10.6 Å². The van der Waals surface area contributed by atoms with E-state index in [-0.39, 0.29) is 44.0 Å². The zero-order chi connectivity index (χ0) is 18.1. The van der Waals surface area contributed by atoms with Crippen LogP contribution in [0.3, 0.4) is 0 Å². The molecule has 1 fully saturated rings. The fourth-order valence-corrected chi connectivity index (χ4v) is 2.97. The van der Waals surface area contributed by atoms with Crippen LogP contribution in [-0.2, 0) is 16.0 Å². The van der Waals surface area contributed by atoms with Gasteiger partial charge in [-0.15, -0.1) is 0 Å². The number of ether oxygens (including phenoxy) is 1. The summed E-state index contributed by atoms with van der Waals surface area (Å²) >= 11 is 0. The number of benzene rings is 1. The van der Waals surface area contributed by atoms with E-state index in [0.717, 1.165) is 24.3 Å². The van der Waals surface area contributed by atoms with E-state index < -0.39 is 0 Å². The van der Waals surface area contributed by atoms with E-state index in [1.54, 1.807) is 24.3 Å². The van der Waals surface area contributed by atoms with Gasteiger partial charge in [0.1, 0.15) is 5.75 Å². The first-order valence-corrected chi connectivity index (χ1v) is 8.95. The molecule has 2 rings (SSSR count). The van der Waals surface area contributed by atoms with Gasteiger partial charge in [0.2, 0.25) is 5.91 Å². The summed E-state index contributed by atoms with van der Waals surface area (Å²) in [5.74, 6) is 1.14. The van der Waals surface area contributed by atoms with Gasteiger partial charge < -0.3 is 20.5 Å². The standard InChI is InChI=1S/C19H28N2O4/c1-14-2-6-16(7-3-14)21-19(24)13-25-17-8-4-15(5-9-17)12-18(23)20-10-11-22/h4-5,8-9,14,16,22H,2-3,6-7,10-13H2,1H3,(H,20,23)(H,21,24). The van der Waals surface area contributed by atoms with Crippen LogP contribution >= 0.6 is 0 Å². The molecule has 0 bridgehead atoms. The second kappa shape index (κ2) is 10.0. The summed E-state index contributed by atoms with van der Waals surface area (Å²) in [5, 5.41) is 14.3. The van der Waals surface area contributed by atoms with Gasteiger partial charge in [-0.1, -0.05) is 19.1 Å². The lowest BCUT2D eigenvalue weighted by molar-refractivity contribution is -0.124. The minimum atomic E-state index is -0.135. The Labute approximate surface area is 149 Å². The van der Waals surface area contributed by atoms with E-state index in [9.17, 15) is 9.59 Å². The van der Waals surface area contributed by atoms with E-state index in [2.05, 4.69) is 17.6 Å². The Morgan fingerprint density at radius 1 is 1.12 bits per heavy atom. The average Bonchev–Trinajstić information content (AvgIpc) is 2.61. The summed E-state index contributed by atoms with van der Waals surface area (Å²) in [5.41, 5.74) is 0.851. The molecule has 6 heteroatoms. The molecule has 0 aromatic heterocycles. The van der Waals surface area contributed by atoms with E-state index in [1.165, 1.54) is 12.8 Å². The quantitative estimate of drug-likeness (QED) is 0.663. The maximum Gasteiger partial charge on any atom is 0.258 e. The fourth-order valence-electron chi connectivity index (χ4n) is 2.97. The summed E-state index contributed by atoms with van der Waals surface area (Å²) < 4.78 is 5.51. The molecule has 1 saturated carbocycles. The summed E-state index contributed by atoms with van der Waals surface area (Å²) in [6.07, 6.45) is 4.67. The zero-order valence-electron chi connectivity index (χ0n) is 14.8. The minimum absolute atomic E-state index is 0.00237. The number of carbonyl (C=O) groups is 2. The lowest BCUT2D eigenvalue weighted by Gasteiger charge is -2.26. The fraction of sp³-hybridized carbons (Fsp3) is 0.579. The van der Waals surface area contributed by atoms with Crippen LogP contribution in [0.15, 0.2) is 24.3 Å². The van der Waals surface area contributed by atoms with Gasteiger partial charge >= 0.3 is 0 Å². The highest BCUT2D eigenvalue weighted by Gasteiger charge is 2.19. The molecule has 25 heavy (non-hydrogen) atoms. The van der Waals surface area contributed by atoms with Gasteiger partial charge in [-0.05, 0) is 49.3 Å². The Bertz CT molecular complexity index is 551. The first-order valence-electron chi connectivity index (χ1n) is 8.95. The summed E-state index contributed by atoms with van der Waals surface area (Å²) in [6, 6.07) is 7.38. The molecule has 1 aliphatic carbocycles. The smallest absolute Gasteiger partial charge is 0.258 e. The summed E-state index contributed by atoms with van der Waals surface area (Å²) in [7, 11) is 0. The van der Waals surface area contributed by atoms with E-state index in [4.69, 9.17) is 9.84 Å². The lowest BCUT2D eigenvalue weighted by Crippen LogP contribution is -2.39. The van der Waals surface area contributed by atoms with Crippen molar-refractivity contribution in [2.75, 3.05) is 19.8 Å². The van der Waals surface area contributed by atoms with E-state index in [0.29, 0.717) is 5.75 Å². The molecule has 0 saturated heterocycles. The second-order valence-electron chi connectivity index (χ2n) is 6.71. The Kier molecular flexibility index (Phi) is 7.73. The molecule has 0 heterocycles. The highest BCUT2D eigenvalue weighted by Crippen LogP contribution is 2.23. The Balaban J connectivity index is 1.70. The van der Waals surface area contributed by atoms with Crippen LogP contribution in [0.2, 0.25) is 0 Å². The van der Waals surface area contributed by atoms with Crippen LogP contribution in [-0.4, -0.2) is 42.7 Å². The van der Waals surface area contributed by atoms with Gasteiger partial charge in [-0.2, -0.15) is 0 Å². The molecule has 1 aromatic rings. The molecule has 2 amide bonds. The maximum absolute atomic E-state index is 12.0. The molecule has 3 N–H and O–H groups in total. The van der Waals surface area contributed by atoms with Crippen molar-refractivity contribution in [3.8, 4) is 5.75 Å². The summed E-state index contributed by atoms with van der Waals surface area (Å²) in [4.78, 5) is 23.5. The van der Waals surface area contributed by atoms with Crippen LogP contribution in [0.5, 0.6) is 5.75 Å². The number of carbonyl (C=O) groups excluding carboxylic acids is 2. The Morgan fingerprint density at radius 2 is 1.80 bits per heavy atom. The molecule has 1 aliphatic rings. The van der Waals surface area contributed by atoms with Crippen molar-refractivity contribution in [3.63, 3.8) is 0 Å².